The fraction of sp³-hybridized carbons (Fsp3) is 0.416. The molecule has 10 rings (SSSR count). The van der Waals surface area contributed by atoms with E-state index in [4.69, 9.17) is 24.9 Å². The van der Waals surface area contributed by atoms with Gasteiger partial charge in [0.1, 0.15) is 0 Å². The fourth-order valence-corrected chi connectivity index (χ4v) is 15.0. The second-order valence-corrected chi connectivity index (χ2v) is 22.9. The van der Waals surface area contributed by atoms with Crippen LogP contribution in [0.15, 0.2) is 102 Å². The molecule has 10 heterocycles. The minimum absolute atomic E-state index is 0.717. The molecule has 0 spiro atoms. The number of nitrogens with one attached hydrogen (secondary N) is 3. The molecule has 9 heteroatoms. The molecule has 0 atom stereocenters. The van der Waals surface area contributed by atoms with Crippen molar-refractivity contribution in [3.8, 4) is 23.7 Å². The smallest absolute Gasteiger partial charge is 0.0907 e. The van der Waals surface area contributed by atoms with E-state index in [0.717, 1.165) is 221 Å². The van der Waals surface area contributed by atoms with Crippen LogP contribution in [0, 0.1) is 23.7 Å². The molecule has 4 aromatic rings. The van der Waals surface area contributed by atoms with Crippen LogP contribution in [0.5, 0.6) is 0 Å². The topological polar surface area (TPSA) is 130 Å². The summed E-state index contributed by atoms with van der Waals surface area (Å²) in [6.07, 6.45) is 18.8. The van der Waals surface area contributed by atoms with Crippen LogP contribution in [0.25, 0.3) is 56.0 Å². The van der Waals surface area contributed by atoms with E-state index in [-0.39, 0.29) is 0 Å². The molecule has 0 fully saturated rings. The van der Waals surface area contributed by atoms with Crippen LogP contribution in [-0.2, 0) is 38.5 Å². The van der Waals surface area contributed by atoms with Gasteiger partial charge < -0.3 is 20.1 Å². The standard InChI is InChI=1S/C77H90N8O/c1-17-43-45(19-3)64-38-66-47(21-5)53(27-11)72(80-66)59(73-54(28-12)48(22-6)67(81-73)39-65-46(20-4)44(18-2)63(79-65)37-62(43)78-64)35-33-34-36-60-74-55(29-13)49(23-7)68(82-74)40-70-51(25-9)57(31-15)76(84-70)61(42-86)77-58(32-16)52(26-10)71(85-77)41-69-50(24-8)56(30-14)75(60)83-69/h37-42,78-79,84,86H,17-32H2,1-16H3/b61-42-,62-37?,63-37?,64-38?,65-39?,66-38?,67-39?,68-40?,71-41?,72-59?,73-59?,75-60?. The summed E-state index contributed by atoms with van der Waals surface area (Å²) in [7, 11) is 0. The lowest BCUT2D eigenvalue weighted by Gasteiger charge is -2.11. The van der Waals surface area contributed by atoms with Crippen molar-refractivity contribution in [2.75, 3.05) is 0 Å². The Hall–Kier alpha value is -8.01. The summed E-state index contributed by atoms with van der Waals surface area (Å²) in [4.78, 5) is 39.9. The third-order valence-electron chi connectivity index (χ3n) is 18.9. The van der Waals surface area contributed by atoms with Gasteiger partial charge in [-0.05, 0) is 246 Å². The zero-order chi connectivity index (χ0) is 61.2. The number of hydrogen-bond acceptors (Lipinski definition) is 6. The van der Waals surface area contributed by atoms with Crippen molar-refractivity contribution in [1.82, 2.24) is 24.9 Å². The summed E-state index contributed by atoms with van der Waals surface area (Å²) in [5.74, 6) is 14.6. The van der Waals surface area contributed by atoms with Gasteiger partial charge in [0.25, 0.3) is 0 Å². The predicted molar refractivity (Wildman–Crippen MR) is 366 cm³/mol. The number of aromatic amines is 3. The van der Waals surface area contributed by atoms with Crippen molar-refractivity contribution in [2.45, 2.75) is 214 Å². The number of aliphatic hydroxyl groups is 1. The zero-order valence-electron chi connectivity index (χ0n) is 54.5. The Morgan fingerprint density at radius 3 is 1.28 bits per heavy atom. The molecule has 0 aliphatic carbocycles. The highest BCUT2D eigenvalue weighted by molar-refractivity contribution is 6.34. The molecule has 9 nitrogen and oxygen atoms in total. The number of H-pyrrole nitrogens is 3. The van der Waals surface area contributed by atoms with Gasteiger partial charge in [-0.3, -0.25) is 0 Å². The van der Waals surface area contributed by atoms with Crippen LogP contribution in [0.1, 0.15) is 248 Å². The highest BCUT2D eigenvalue weighted by atomic mass is 16.2. The molecular weight excluding hydrogens is 1050 g/mol. The van der Waals surface area contributed by atoms with Crippen molar-refractivity contribution in [1.29, 1.82) is 0 Å². The Labute approximate surface area is 512 Å². The molecule has 6 aliphatic rings. The second kappa shape index (κ2) is 25.9. The molecule has 16 bridgehead atoms. The number of aliphatic hydroxyl groups excluding tert-OH is 1. The third kappa shape index (κ3) is 10.2. The van der Waals surface area contributed by atoms with Gasteiger partial charge >= 0.3 is 0 Å². The number of aliphatic imine (C=N–C) groups is 3. The quantitative estimate of drug-likeness (QED) is 0.0658. The number of aromatic nitrogens is 5. The van der Waals surface area contributed by atoms with E-state index in [1.165, 1.54) is 84.2 Å². The minimum atomic E-state index is 0.717. The summed E-state index contributed by atoms with van der Waals surface area (Å²) in [5, 5.41) is 11.3. The van der Waals surface area contributed by atoms with E-state index in [1.807, 2.05) is 0 Å². The first-order valence-corrected chi connectivity index (χ1v) is 32.9. The first kappa shape index (κ1) is 61.1. The van der Waals surface area contributed by atoms with E-state index in [0.29, 0.717) is 0 Å². The number of nitrogens with zero attached hydrogens (tertiary/aromatic N) is 5. The lowest BCUT2D eigenvalue weighted by Crippen LogP contribution is -2.07. The van der Waals surface area contributed by atoms with Crippen molar-refractivity contribution >= 4 is 73.1 Å². The number of aryl methyl sites for hydroxylation is 4. The lowest BCUT2D eigenvalue weighted by atomic mass is 9.91. The molecule has 0 saturated heterocycles. The first-order chi connectivity index (χ1) is 41.9. The zero-order valence-corrected chi connectivity index (χ0v) is 54.5. The van der Waals surface area contributed by atoms with Gasteiger partial charge in [0.05, 0.1) is 85.7 Å². The summed E-state index contributed by atoms with van der Waals surface area (Å²) in [6, 6.07) is 6.97. The normalized spacial score (nSPS) is 16.4. The number of rotatable bonds is 16. The van der Waals surface area contributed by atoms with E-state index in [2.05, 4.69) is 180 Å². The molecule has 0 aromatic carbocycles. The monoisotopic (exact) mass is 1140 g/mol. The highest BCUT2D eigenvalue weighted by Crippen LogP contribution is 2.45. The Bertz CT molecular complexity index is 4100. The number of fused-ring (bicyclic) bond motifs is 13. The van der Waals surface area contributed by atoms with Crippen LogP contribution >= 0.6 is 0 Å². The molecule has 0 amide bonds. The average molecular weight is 1140 g/mol. The van der Waals surface area contributed by atoms with E-state index < -0.39 is 0 Å². The lowest BCUT2D eigenvalue weighted by molar-refractivity contribution is 0.476. The molecular formula is C77H90N8O. The molecule has 86 heavy (non-hydrogen) atoms. The molecule has 4 aromatic heterocycles. The van der Waals surface area contributed by atoms with Crippen LogP contribution in [0.2, 0.25) is 0 Å². The van der Waals surface area contributed by atoms with Gasteiger partial charge in [-0.25, -0.2) is 24.9 Å². The average Bonchev–Trinajstić information content (AvgIpc) is 2.18. The van der Waals surface area contributed by atoms with Gasteiger partial charge in [0, 0.05) is 27.8 Å². The first-order valence-electron chi connectivity index (χ1n) is 32.9. The molecule has 6 aliphatic heterocycles. The molecule has 0 unspecified atom stereocenters. The minimum Gasteiger partial charge on any atom is -0.515 e. The maximum atomic E-state index is 11.3. The SMILES string of the molecule is CCC1=C(CC)C2=NC1=Cc1[nH]c(c(CC)c1CC)/C(=C/O)C1=NC(=CC3=NC(=C2C#CC#Cc2c4nc(cc5[nH]c(cc6[nH]c(cc7nc2C(CC)=C7CC)c(CC)c6CC)c(CC)c5CC)C(CC)=C4CC)C(CC)=C3CC)C(CC)=C1CC. The van der Waals surface area contributed by atoms with E-state index >= 15 is 0 Å². The maximum Gasteiger partial charge on any atom is 0.0907 e. The predicted octanol–water partition coefficient (Wildman–Crippen LogP) is 19.6. The van der Waals surface area contributed by atoms with E-state index in [9.17, 15) is 5.11 Å². The molecule has 0 saturated carbocycles. The molecule has 4 N–H and O–H groups in total. The van der Waals surface area contributed by atoms with Crippen LogP contribution < -0.4 is 0 Å². The van der Waals surface area contributed by atoms with Crippen molar-refractivity contribution in [3.63, 3.8) is 0 Å². The summed E-state index contributed by atoms with van der Waals surface area (Å²) < 4.78 is 0. The Kier molecular flexibility index (Phi) is 18.4. The molecule has 444 valence electrons. The largest absolute Gasteiger partial charge is 0.515 e. The summed E-state index contributed by atoms with van der Waals surface area (Å²) in [5.41, 5.74) is 37.4. The summed E-state index contributed by atoms with van der Waals surface area (Å²) in [6.45, 7) is 35.8. The fourth-order valence-electron chi connectivity index (χ4n) is 15.0. The van der Waals surface area contributed by atoms with Crippen molar-refractivity contribution < 1.29 is 5.11 Å². The number of hydrogen-bond donors (Lipinski definition) is 4. The van der Waals surface area contributed by atoms with Gasteiger partial charge in [0.15, 0.2) is 0 Å². The van der Waals surface area contributed by atoms with Crippen molar-refractivity contribution in [3.05, 3.63) is 160 Å². The molecule has 0 radical (unpaired) electrons. The van der Waals surface area contributed by atoms with Crippen LogP contribution in [0.4, 0.5) is 0 Å². The van der Waals surface area contributed by atoms with Gasteiger partial charge in [-0.2, -0.15) is 0 Å². The Morgan fingerprint density at radius 2 is 0.826 bits per heavy atom. The van der Waals surface area contributed by atoms with Crippen LogP contribution in [0.3, 0.4) is 0 Å². The van der Waals surface area contributed by atoms with Gasteiger partial charge in [0.2, 0.25) is 0 Å². The maximum absolute atomic E-state index is 11.3. The third-order valence-corrected chi connectivity index (χ3v) is 18.9. The van der Waals surface area contributed by atoms with Gasteiger partial charge in [-0.1, -0.05) is 111 Å². The van der Waals surface area contributed by atoms with E-state index in [1.54, 1.807) is 0 Å². The highest BCUT2D eigenvalue weighted by Gasteiger charge is 2.34. The second-order valence-electron chi connectivity index (χ2n) is 22.9. The van der Waals surface area contributed by atoms with Gasteiger partial charge in [-0.15, -0.1) is 0 Å². The van der Waals surface area contributed by atoms with Crippen molar-refractivity contribution in [2.24, 2.45) is 15.0 Å². The Balaban J connectivity index is 1.32. The summed E-state index contributed by atoms with van der Waals surface area (Å²) >= 11 is 0. The van der Waals surface area contributed by atoms with Crippen LogP contribution in [-0.4, -0.2) is 47.2 Å². The number of allylic oxidation sites excluding steroid dienone is 13. The Morgan fingerprint density at radius 1 is 0.395 bits per heavy atom.